The predicted octanol–water partition coefficient (Wildman–Crippen LogP) is 2.16. The van der Waals surface area contributed by atoms with Gasteiger partial charge in [-0.2, -0.15) is 11.1 Å². The zero-order valence-corrected chi connectivity index (χ0v) is 6.20. The molecule has 0 heterocycles. The number of unbranched alkanes of at least 4 members (excludes halogenated alkanes) is 1. The van der Waals surface area contributed by atoms with E-state index in [4.69, 9.17) is 11.1 Å². The van der Waals surface area contributed by atoms with E-state index in [0.717, 1.165) is 0 Å². The highest BCUT2D eigenvalue weighted by Crippen LogP contribution is 1.86. The number of halogens is 1. The Hall–Kier alpha value is 0.247. The average molecular weight is 133 g/mol. The largest absolute Gasteiger partial charge is 0.202 e. The van der Waals surface area contributed by atoms with Crippen LogP contribution < -0.4 is 0 Å². The molecule has 0 aliphatic rings. The minimum atomic E-state index is 0.459. The summed E-state index contributed by atoms with van der Waals surface area (Å²) in [5.41, 5.74) is 2.01. The van der Waals surface area contributed by atoms with Crippen LogP contribution in [-0.2, 0) is 0 Å². The molecule has 40 valence electrons. The predicted molar refractivity (Wildman–Crippen MR) is 35.7 cm³/mol. The Bertz CT molecular complexity index is 52.0. The molecule has 0 aromatic rings. The van der Waals surface area contributed by atoms with Gasteiger partial charge in [-0.25, -0.2) is 0 Å². The number of hydrogen-bond acceptors (Lipinski definition) is 0. The van der Waals surface area contributed by atoms with Crippen molar-refractivity contribution in [2.24, 2.45) is 0 Å². The monoisotopic (exact) mass is 132 g/mol. The maximum Gasteiger partial charge on any atom is 0.202 e. The highest BCUT2D eigenvalue weighted by Gasteiger charge is 1.70. The fourth-order valence-corrected chi connectivity index (χ4v) is 0.818. The van der Waals surface area contributed by atoms with Crippen LogP contribution in [0, 0.1) is 0 Å². The van der Waals surface area contributed by atoms with E-state index in [2.05, 4.69) is 13.0 Å². The molecule has 0 amide bonds. The highest BCUT2D eigenvalue weighted by molar-refractivity contribution is 6.96. The molecule has 2 radical (unpaired) electrons. The molecule has 2 heteroatoms. The van der Waals surface area contributed by atoms with Crippen LogP contribution in [0.15, 0.2) is 11.8 Å². The van der Waals surface area contributed by atoms with Crippen LogP contribution in [0.4, 0.5) is 0 Å². The lowest BCUT2D eigenvalue weighted by molar-refractivity contribution is 0.960. The van der Waals surface area contributed by atoms with Gasteiger partial charge in [0, 0.05) is 0 Å². The molecule has 0 aromatic carbocycles. The summed E-state index contributed by atoms with van der Waals surface area (Å²) in [6.45, 7) is 2.15. The Morgan fingerprint density at radius 1 is 1.71 bits per heavy atom. The minimum absolute atomic E-state index is 0.459. The summed E-state index contributed by atoms with van der Waals surface area (Å²) in [7, 11) is 0.459. The van der Waals surface area contributed by atoms with Crippen molar-refractivity contribution in [3.63, 3.8) is 0 Å². The van der Waals surface area contributed by atoms with E-state index in [1.54, 1.807) is 0 Å². The van der Waals surface area contributed by atoms with E-state index in [1.807, 2.05) is 5.70 Å². The van der Waals surface area contributed by atoms with Crippen molar-refractivity contribution in [1.29, 1.82) is 0 Å². The Balaban J connectivity index is 2.78. The van der Waals surface area contributed by atoms with Crippen LogP contribution in [0.1, 0.15) is 19.8 Å². The molecular weight excluding hydrogens is 124 g/mol. The average Bonchev–Trinajstić information content (AvgIpc) is 1.69. The standard InChI is InChI=1S/C5H9ClSi/c1-2-3-4-5-7-6/h4-5H,2-3H2,1H3/b5-4+. The van der Waals surface area contributed by atoms with Gasteiger partial charge >= 0.3 is 0 Å². The second-order valence-corrected chi connectivity index (χ2v) is 2.51. The first-order chi connectivity index (χ1) is 3.41. The van der Waals surface area contributed by atoms with Gasteiger partial charge in [0.2, 0.25) is 8.83 Å². The number of allylic oxidation sites excluding steroid dienone is 1. The molecule has 0 aromatic heterocycles. The Kier molecular flexibility index (Phi) is 6.47. The molecule has 0 fully saturated rings. The third-order valence-corrected chi connectivity index (χ3v) is 1.38. The molecule has 0 nitrogen and oxygen atoms in total. The van der Waals surface area contributed by atoms with E-state index in [1.165, 1.54) is 12.8 Å². The van der Waals surface area contributed by atoms with Crippen molar-refractivity contribution in [2.45, 2.75) is 19.8 Å². The van der Waals surface area contributed by atoms with Gasteiger partial charge in [-0.15, -0.1) is 0 Å². The van der Waals surface area contributed by atoms with E-state index >= 15 is 0 Å². The molecule has 0 saturated carbocycles. The Morgan fingerprint density at radius 2 is 2.43 bits per heavy atom. The fraction of sp³-hybridized carbons (Fsp3) is 0.600. The molecule has 0 bridgehead atoms. The van der Waals surface area contributed by atoms with Gasteiger partial charge in [-0.1, -0.05) is 25.1 Å². The lowest BCUT2D eigenvalue weighted by atomic mass is 10.3. The van der Waals surface area contributed by atoms with Crippen LogP contribution in [0.5, 0.6) is 0 Å². The summed E-state index contributed by atoms with van der Waals surface area (Å²) < 4.78 is 0. The zero-order chi connectivity index (χ0) is 5.54. The van der Waals surface area contributed by atoms with Crippen LogP contribution in [0.25, 0.3) is 0 Å². The molecule has 0 atom stereocenters. The van der Waals surface area contributed by atoms with Gasteiger partial charge in [0.25, 0.3) is 0 Å². The summed E-state index contributed by atoms with van der Waals surface area (Å²) in [6.07, 6.45) is 4.50. The molecule has 7 heavy (non-hydrogen) atoms. The van der Waals surface area contributed by atoms with Crippen molar-refractivity contribution in [3.05, 3.63) is 11.8 Å². The molecule has 0 saturated heterocycles. The van der Waals surface area contributed by atoms with Gasteiger partial charge in [-0.3, -0.25) is 0 Å². The Labute approximate surface area is 52.1 Å². The second-order valence-electron chi connectivity index (χ2n) is 1.30. The summed E-state index contributed by atoms with van der Waals surface area (Å²) in [4.78, 5) is 0. The first-order valence-electron chi connectivity index (χ1n) is 2.43. The smallest absolute Gasteiger partial charge is 0.165 e. The zero-order valence-electron chi connectivity index (χ0n) is 4.45. The van der Waals surface area contributed by atoms with E-state index in [9.17, 15) is 0 Å². The Morgan fingerprint density at radius 3 is 2.86 bits per heavy atom. The van der Waals surface area contributed by atoms with Gasteiger partial charge in [0.05, 0.1) is 0 Å². The van der Waals surface area contributed by atoms with Crippen LogP contribution in [0.2, 0.25) is 0 Å². The van der Waals surface area contributed by atoms with Crippen molar-refractivity contribution < 1.29 is 0 Å². The fourth-order valence-electron chi connectivity index (χ4n) is 0.295. The highest BCUT2D eigenvalue weighted by atomic mass is 35.6. The van der Waals surface area contributed by atoms with Crippen molar-refractivity contribution in [1.82, 2.24) is 0 Å². The SMILES string of the molecule is CCC/C=C/[Si]Cl. The molecule has 0 spiro atoms. The third-order valence-electron chi connectivity index (χ3n) is 0.636. The minimum Gasteiger partial charge on any atom is -0.165 e. The molecular formula is C5H9ClSi. The van der Waals surface area contributed by atoms with E-state index < -0.39 is 0 Å². The lowest BCUT2D eigenvalue weighted by Crippen LogP contribution is -1.65. The van der Waals surface area contributed by atoms with Gasteiger partial charge in [0.15, 0.2) is 0 Å². The number of rotatable bonds is 3. The first-order valence-corrected chi connectivity index (χ1v) is 4.52. The maximum absolute atomic E-state index is 5.38. The topological polar surface area (TPSA) is 0 Å². The molecule has 0 aliphatic carbocycles. The summed E-state index contributed by atoms with van der Waals surface area (Å²) in [6, 6.07) is 0. The molecule has 0 rings (SSSR count). The quantitative estimate of drug-likeness (QED) is 0.408. The third kappa shape index (κ3) is 6.25. The van der Waals surface area contributed by atoms with Crippen LogP contribution >= 0.6 is 11.1 Å². The molecule has 0 unspecified atom stereocenters. The molecule has 0 aliphatic heterocycles. The second kappa shape index (κ2) is 6.25. The summed E-state index contributed by atoms with van der Waals surface area (Å²) in [5, 5.41) is 0. The summed E-state index contributed by atoms with van der Waals surface area (Å²) in [5.74, 6) is 0. The van der Waals surface area contributed by atoms with Crippen LogP contribution in [-0.4, -0.2) is 8.83 Å². The maximum atomic E-state index is 5.38. The van der Waals surface area contributed by atoms with Gasteiger partial charge < -0.3 is 0 Å². The van der Waals surface area contributed by atoms with E-state index in [0.29, 0.717) is 8.83 Å². The van der Waals surface area contributed by atoms with Crippen molar-refractivity contribution in [2.75, 3.05) is 0 Å². The van der Waals surface area contributed by atoms with Crippen molar-refractivity contribution >= 4 is 19.9 Å². The van der Waals surface area contributed by atoms with Crippen molar-refractivity contribution in [3.8, 4) is 0 Å². The van der Waals surface area contributed by atoms with Gasteiger partial charge in [0.1, 0.15) is 0 Å². The molecule has 0 N–H and O–H groups in total. The number of hydrogen-bond donors (Lipinski definition) is 0. The van der Waals surface area contributed by atoms with Gasteiger partial charge in [-0.05, 0) is 6.42 Å². The first kappa shape index (κ1) is 7.25. The lowest BCUT2D eigenvalue weighted by Gasteiger charge is -1.78. The summed E-state index contributed by atoms with van der Waals surface area (Å²) >= 11 is 5.38. The van der Waals surface area contributed by atoms with Crippen LogP contribution in [0.3, 0.4) is 0 Å². The normalized spacial score (nSPS) is 10.6. The van der Waals surface area contributed by atoms with E-state index in [-0.39, 0.29) is 0 Å².